The first kappa shape index (κ1) is 19.0. The SMILES string of the molecule is CCSC1SC([S][Sb])(SCC)C1(SCC)SCC. The molecule has 0 saturated carbocycles. The third kappa shape index (κ3) is 3.63. The summed E-state index contributed by atoms with van der Waals surface area (Å²) in [5, 5.41) is 0. The monoisotopic (exact) mass is 466 g/mol. The van der Waals surface area contributed by atoms with E-state index < -0.39 is 0 Å². The summed E-state index contributed by atoms with van der Waals surface area (Å²) in [6.45, 7) is 9.21. The van der Waals surface area contributed by atoms with Crippen LogP contribution in [-0.4, -0.2) is 56.7 Å². The molecular formula is C11H21S6Sb. The van der Waals surface area contributed by atoms with Crippen molar-refractivity contribution in [3.05, 3.63) is 0 Å². The summed E-state index contributed by atoms with van der Waals surface area (Å²) in [7, 11) is 2.12. The van der Waals surface area contributed by atoms with Crippen LogP contribution in [0.2, 0.25) is 0 Å². The van der Waals surface area contributed by atoms with E-state index in [2.05, 4.69) is 95.4 Å². The zero-order chi connectivity index (χ0) is 13.6. The van der Waals surface area contributed by atoms with Gasteiger partial charge in [0.05, 0.1) is 0 Å². The molecule has 1 aliphatic heterocycles. The number of thioether (sulfide) groups is 5. The van der Waals surface area contributed by atoms with Crippen molar-refractivity contribution < 1.29 is 0 Å². The van der Waals surface area contributed by atoms with E-state index in [1.54, 1.807) is 0 Å². The number of rotatable bonds is 9. The van der Waals surface area contributed by atoms with Crippen molar-refractivity contribution >= 4 is 89.3 Å². The molecule has 0 aromatic carbocycles. The molecule has 2 atom stereocenters. The maximum absolute atomic E-state index is 2.31. The van der Waals surface area contributed by atoms with Crippen LogP contribution in [0.4, 0.5) is 0 Å². The second-order valence-electron chi connectivity index (χ2n) is 3.52. The van der Waals surface area contributed by atoms with Gasteiger partial charge in [-0.05, 0) is 0 Å². The molecule has 0 N–H and O–H groups in total. The summed E-state index contributed by atoms with van der Waals surface area (Å²) >= 11 is 12.8. The van der Waals surface area contributed by atoms with E-state index >= 15 is 0 Å². The average molecular weight is 467 g/mol. The van der Waals surface area contributed by atoms with Gasteiger partial charge in [-0.2, -0.15) is 0 Å². The minimum atomic E-state index is 0.379. The van der Waals surface area contributed by atoms with Crippen LogP contribution in [0.3, 0.4) is 0 Å². The molecule has 1 rings (SSSR count). The molecule has 0 nitrogen and oxygen atoms in total. The maximum atomic E-state index is 2.31. The summed E-state index contributed by atoms with van der Waals surface area (Å²) in [5.41, 5.74) is 0. The molecule has 1 saturated heterocycles. The Hall–Kier alpha value is 2.92. The molecule has 2 radical (unpaired) electrons. The fourth-order valence-electron chi connectivity index (χ4n) is 1.90. The molecule has 0 aromatic heterocycles. The molecule has 7 heteroatoms. The van der Waals surface area contributed by atoms with Crippen molar-refractivity contribution in [2.75, 3.05) is 23.0 Å². The Bertz CT molecular complexity index is 246. The van der Waals surface area contributed by atoms with Crippen LogP contribution >= 0.6 is 67.7 Å². The first-order chi connectivity index (χ1) is 8.66. The zero-order valence-electron chi connectivity index (χ0n) is 11.3. The van der Waals surface area contributed by atoms with Gasteiger partial charge in [0.1, 0.15) is 0 Å². The van der Waals surface area contributed by atoms with E-state index in [1.165, 1.54) is 23.0 Å². The fourth-order valence-corrected chi connectivity index (χ4v) is 18.8. The molecule has 2 unspecified atom stereocenters. The average Bonchev–Trinajstić information content (AvgIpc) is 2.37. The molecule has 106 valence electrons. The van der Waals surface area contributed by atoms with Gasteiger partial charge in [-0.25, -0.2) is 0 Å². The van der Waals surface area contributed by atoms with Crippen molar-refractivity contribution in [3.8, 4) is 0 Å². The molecule has 1 fully saturated rings. The summed E-state index contributed by atoms with van der Waals surface area (Å²) in [5.74, 6) is 4.92. The fraction of sp³-hybridized carbons (Fsp3) is 1.00. The van der Waals surface area contributed by atoms with Crippen molar-refractivity contribution in [3.63, 3.8) is 0 Å². The van der Waals surface area contributed by atoms with Gasteiger partial charge < -0.3 is 0 Å². The summed E-state index contributed by atoms with van der Waals surface area (Å²) in [6, 6.07) is 0. The molecule has 1 aliphatic rings. The summed E-state index contributed by atoms with van der Waals surface area (Å²) in [6.07, 6.45) is 0. The molecule has 0 spiro atoms. The quantitative estimate of drug-likeness (QED) is 0.334. The predicted molar refractivity (Wildman–Crippen MR) is 103 cm³/mol. The Morgan fingerprint density at radius 2 is 1.50 bits per heavy atom. The van der Waals surface area contributed by atoms with Crippen LogP contribution < -0.4 is 0 Å². The van der Waals surface area contributed by atoms with Gasteiger partial charge in [0.15, 0.2) is 0 Å². The Balaban J connectivity index is 2.96. The van der Waals surface area contributed by atoms with Gasteiger partial charge in [0.25, 0.3) is 0 Å². The second-order valence-corrected chi connectivity index (χ2v) is 14.4. The third-order valence-electron chi connectivity index (χ3n) is 2.49. The van der Waals surface area contributed by atoms with Crippen LogP contribution in [0.15, 0.2) is 0 Å². The molecular weight excluding hydrogens is 446 g/mol. The summed E-state index contributed by atoms with van der Waals surface area (Å²) in [4.78, 5) is 0. The minimum absolute atomic E-state index is 0.379. The Morgan fingerprint density at radius 3 is 1.89 bits per heavy atom. The Labute approximate surface area is 150 Å². The molecule has 0 aromatic rings. The molecule has 1 heterocycles. The normalized spacial score (nSPS) is 30.2. The van der Waals surface area contributed by atoms with Crippen LogP contribution in [0.1, 0.15) is 27.7 Å². The number of hydrogen-bond acceptors (Lipinski definition) is 6. The predicted octanol–water partition coefficient (Wildman–Crippen LogP) is 5.24. The van der Waals surface area contributed by atoms with Crippen molar-refractivity contribution in [1.29, 1.82) is 0 Å². The van der Waals surface area contributed by atoms with Gasteiger partial charge >= 0.3 is 152 Å². The molecule has 18 heavy (non-hydrogen) atoms. The van der Waals surface area contributed by atoms with Gasteiger partial charge in [-0.15, -0.1) is 0 Å². The van der Waals surface area contributed by atoms with E-state index in [0.29, 0.717) is 7.49 Å². The van der Waals surface area contributed by atoms with Crippen LogP contribution in [0.5, 0.6) is 0 Å². The van der Waals surface area contributed by atoms with Crippen LogP contribution in [0, 0.1) is 0 Å². The van der Waals surface area contributed by atoms with Gasteiger partial charge in [-0.3, -0.25) is 0 Å². The van der Waals surface area contributed by atoms with Crippen molar-refractivity contribution in [2.24, 2.45) is 0 Å². The topological polar surface area (TPSA) is 0 Å². The van der Waals surface area contributed by atoms with E-state index in [0.717, 1.165) is 4.58 Å². The molecule has 0 aliphatic carbocycles. The van der Waals surface area contributed by atoms with Gasteiger partial charge in [0, 0.05) is 0 Å². The summed E-state index contributed by atoms with van der Waals surface area (Å²) < 4.78 is 1.54. The molecule has 0 bridgehead atoms. The Kier molecular flexibility index (Phi) is 9.64. The first-order valence-corrected chi connectivity index (χ1v) is 15.0. The standard InChI is InChI=1S/C11H22S6.Sb/c1-5-13-9-10(14-6-2,15-7-3)11(12,17-9)16-8-4;/h9,12H,5-8H2,1-4H3;/q;+1/p-1. The number of hydrogen-bond donors (Lipinski definition) is 0. The Morgan fingerprint density at radius 1 is 0.944 bits per heavy atom. The molecule has 0 amide bonds. The van der Waals surface area contributed by atoms with E-state index in [1.807, 2.05) is 21.6 Å². The van der Waals surface area contributed by atoms with Crippen molar-refractivity contribution in [1.82, 2.24) is 0 Å². The van der Waals surface area contributed by atoms with Crippen LogP contribution in [-0.2, 0) is 0 Å². The van der Waals surface area contributed by atoms with E-state index in [-0.39, 0.29) is 0 Å². The zero-order valence-corrected chi connectivity index (χ0v) is 18.8. The van der Waals surface area contributed by atoms with Crippen molar-refractivity contribution in [2.45, 2.75) is 39.8 Å². The third-order valence-corrected chi connectivity index (χ3v) is 17.9. The second kappa shape index (κ2) is 9.15. The first-order valence-electron chi connectivity index (χ1n) is 6.20. The van der Waals surface area contributed by atoms with Gasteiger partial charge in [-0.1, -0.05) is 0 Å². The van der Waals surface area contributed by atoms with Gasteiger partial charge in [0.2, 0.25) is 0 Å². The van der Waals surface area contributed by atoms with Crippen LogP contribution in [0.25, 0.3) is 0 Å². The van der Waals surface area contributed by atoms with E-state index in [4.69, 9.17) is 0 Å². The van der Waals surface area contributed by atoms with E-state index in [9.17, 15) is 0 Å².